The molecule has 0 saturated heterocycles. The molecule has 1 fully saturated rings. The minimum atomic E-state index is -0.0951. The van der Waals surface area contributed by atoms with Crippen molar-refractivity contribution in [2.75, 3.05) is 9.80 Å². The van der Waals surface area contributed by atoms with E-state index in [9.17, 15) is 0 Å². The molecule has 2 aliphatic heterocycles. The van der Waals surface area contributed by atoms with Crippen LogP contribution in [0.15, 0.2) is 71.1 Å². The lowest BCUT2D eigenvalue weighted by atomic mass is 9.35. The summed E-state index contributed by atoms with van der Waals surface area (Å²) in [7, 11) is 0. The van der Waals surface area contributed by atoms with Crippen LogP contribution >= 0.6 is 0 Å². The quantitative estimate of drug-likeness (QED) is 0.165. The monoisotopic (exact) mass is 957 g/mol. The number of hydrogen-bond donors (Lipinski definition) is 0. The van der Waals surface area contributed by atoms with Crippen molar-refractivity contribution in [3.8, 4) is 0 Å². The van der Waals surface area contributed by atoms with Gasteiger partial charge in [0, 0.05) is 33.8 Å². The predicted octanol–water partition coefficient (Wildman–Crippen LogP) is 17.5. The zero-order valence-electron chi connectivity index (χ0n) is 47.6. The summed E-state index contributed by atoms with van der Waals surface area (Å²) in [6.07, 6.45) is 13.5. The van der Waals surface area contributed by atoms with Gasteiger partial charge in [-0.2, -0.15) is 0 Å². The number of hydrogen-bond acceptors (Lipinski definition) is 3. The molecule has 1 aromatic heterocycles. The second-order valence-corrected chi connectivity index (χ2v) is 29.3. The zero-order valence-corrected chi connectivity index (χ0v) is 47.6. The Kier molecular flexibility index (Phi) is 10.4. The molecule has 0 unspecified atom stereocenters. The molecule has 6 aliphatic rings. The van der Waals surface area contributed by atoms with Gasteiger partial charge in [-0.3, -0.25) is 0 Å². The van der Waals surface area contributed by atoms with Gasteiger partial charge in [0.2, 0.25) is 0 Å². The van der Waals surface area contributed by atoms with Crippen LogP contribution in [-0.2, 0) is 37.9 Å². The molecular weight excluding hydrogens is 872 g/mol. The molecule has 0 spiro atoms. The first-order chi connectivity index (χ1) is 33.6. The van der Waals surface area contributed by atoms with Gasteiger partial charge in [-0.1, -0.05) is 147 Å². The molecule has 376 valence electrons. The van der Waals surface area contributed by atoms with Crippen molar-refractivity contribution in [3.63, 3.8) is 0 Å². The average Bonchev–Trinajstić information content (AvgIpc) is 3.69. The van der Waals surface area contributed by atoms with Gasteiger partial charge in [0.25, 0.3) is 6.71 Å². The molecule has 1 saturated carbocycles. The minimum Gasteiger partial charge on any atom is -0.468 e. The summed E-state index contributed by atoms with van der Waals surface area (Å²) in [4.78, 5) is 5.52. The molecule has 4 aliphatic carbocycles. The maximum absolute atomic E-state index is 7.80. The highest BCUT2D eigenvalue weighted by molar-refractivity contribution is 7.00. The molecule has 5 aromatic carbocycles. The largest absolute Gasteiger partial charge is 0.468 e. The van der Waals surface area contributed by atoms with Crippen molar-refractivity contribution in [2.24, 2.45) is 0 Å². The molecule has 0 bridgehead atoms. The van der Waals surface area contributed by atoms with Crippen LogP contribution in [0, 0.1) is 13.8 Å². The highest BCUT2D eigenvalue weighted by Crippen LogP contribution is 2.56. The Balaban J connectivity index is 1.24. The topological polar surface area (TPSA) is 19.6 Å². The van der Waals surface area contributed by atoms with Crippen LogP contribution in [0.5, 0.6) is 0 Å². The van der Waals surface area contributed by atoms with Crippen LogP contribution in [0.25, 0.3) is 11.0 Å². The van der Waals surface area contributed by atoms with E-state index in [4.69, 9.17) is 4.42 Å². The third-order valence-electron chi connectivity index (χ3n) is 20.4. The smallest absolute Gasteiger partial charge is 0.297 e. The number of aryl methyl sites for hydroxylation is 2. The van der Waals surface area contributed by atoms with Crippen LogP contribution in [-0.4, -0.2) is 6.71 Å². The average molecular weight is 957 g/mol. The summed E-state index contributed by atoms with van der Waals surface area (Å²) in [6, 6.07) is 28.5. The van der Waals surface area contributed by atoms with Crippen molar-refractivity contribution in [1.82, 2.24) is 0 Å². The fourth-order valence-corrected chi connectivity index (χ4v) is 15.1. The summed E-state index contributed by atoms with van der Waals surface area (Å²) < 4.78 is 7.80. The second kappa shape index (κ2) is 15.4. The molecule has 0 radical (unpaired) electrons. The first-order valence-electron chi connectivity index (χ1n) is 28.4. The summed E-state index contributed by atoms with van der Waals surface area (Å²) in [6.45, 7) is 41.6. The maximum atomic E-state index is 7.80. The van der Waals surface area contributed by atoms with E-state index in [1.54, 1.807) is 0 Å². The number of anilines is 6. The van der Waals surface area contributed by atoms with E-state index in [0.29, 0.717) is 5.92 Å². The Morgan fingerprint density at radius 1 is 0.486 bits per heavy atom. The van der Waals surface area contributed by atoms with Gasteiger partial charge in [-0.05, 0) is 218 Å². The fraction of sp³-hybridized carbons (Fsp3) is 0.529. The number of rotatable bonds is 3. The molecule has 4 heteroatoms. The fourth-order valence-electron chi connectivity index (χ4n) is 15.1. The first-order valence-corrected chi connectivity index (χ1v) is 28.4. The van der Waals surface area contributed by atoms with Gasteiger partial charge >= 0.3 is 0 Å². The second-order valence-electron chi connectivity index (χ2n) is 29.3. The molecule has 6 aromatic rings. The molecule has 0 atom stereocenters. The summed E-state index contributed by atoms with van der Waals surface area (Å²) in [5, 5.41) is 1.26. The molecule has 0 amide bonds. The Hall–Kier alpha value is -4.70. The SMILES string of the molecule is Cc1cc2c(cc1N1c3ccc(C(C)(C)C)cc3B3c4oc5cc6c(cc5c4N(c4cc5c(cc4C)C(C)(C)CCC5(C)C)c4cc(C5CCCCC5)cc1c43)C(C)(C)CCC6(C)C)C(C)(C)CCC2(C)C. The van der Waals surface area contributed by atoms with E-state index in [1.165, 1.54) is 177 Å². The predicted molar refractivity (Wildman–Crippen MR) is 310 cm³/mol. The highest BCUT2D eigenvalue weighted by Gasteiger charge is 2.50. The minimum absolute atomic E-state index is 0.0421. The van der Waals surface area contributed by atoms with Crippen molar-refractivity contribution in [1.29, 1.82) is 0 Å². The zero-order chi connectivity index (χ0) is 51.2. The third kappa shape index (κ3) is 7.08. The molecular formula is C68H85BN2O. The molecule has 3 nitrogen and oxygen atoms in total. The van der Waals surface area contributed by atoms with Crippen LogP contribution in [0.2, 0.25) is 0 Å². The lowest BCUT2D eigenvalue weighted by Gasteiger charge is -2.46. The van der Waals surface area contributed by atoms with Gasteiger partial charge in [0.15, 0.2) is 0 Å². The van der Waals surface area contributed by atoms with Gasteiger partial charge < -0.3 is 14.2 Å². The Labute approximate surface area is 435 Å². The summed E-state index contributed by atoms with van der Waals surface area (Å²) in [5.41, 5.74) is 27.7. The van der Waals surface area contributed by atoms with Crippen LogP contribution in [0.1, 0.15) is 236 Å². The Morgan fingerprint density at radius 2 is 0.931 bits per heavy atom. The first kappa shape index (κ1) is 48.3. The molecule has 72 heavy (non-hydrogen) atoms. The standard InChI is InChI=1S/C68H85BN2O/c1-40-31-46-49(66(12,13)28-25-63(46,6)7)37-54(40)70-53-24-23-44(62(3,4)5)35-52(53)69-59-56(70)33-43(42-21-19-18-20-22-42)34-57(59)71(55-38-50-47(32-41(55)2)64(8,9)26-29-67(50,14)15)60-45-36-48-51(39-58(45)72-61(60)69)68(16,17)30-27-65(48,10)11/h23-24,31-39,42H,18-22,25-30H2,1-17H3. The Bertz CT molecular complexity index is 3260. The highest BCUT2D eigenvalue weighted by atomic mass is 16.3. The number of furan rings is 1. The summed E-state index contributed by atoms with van der Waals surface area (Å²) in [5.74, 6) is 0.512. The number of benzene rings is 5. The normalized spacial score (nSPS) is 21.9. The van der Waals surface area contributed by atoms with Gasteiger partial charge in [-0.25, -0.2) is 0 Å². The van der Waals surface area contributed by atoms with Crippen LogP contribution in [0.3, 0.4) is 0 Å². The lowest BCUT2D eigenvalue weighted by Crippen LogP contribution is -2.61. The van der Waals surface area contributed by atoms with E-state index in [2.05, 4.69) is 194 Å². The van der Waals surface area contributed by atoms with Crippen molar-refractivity contribution >= 4 is 68.4 Å². The molecule has 3 heterocycles. The van der Waals surface area contributed by atoms with E-state index in [-0.39, 0.29) is 44.6 Å². The molecule has 0 N–H and O–H groups in total. The molecule has 12 rings (SSSR count). The van der Waals surface area contributed by atoms with Gasteiger partial charge in [0.1, 0.15) is 5.58 Å². The number of nitrogens with zero attached hydrogens (tertiary/aromatic N) is 2. The maximum Gasteiger partial charge on any atom is 0.297 e. The third-order valence-corrected chi connectivity index (χ3v) is 20.4. The lowest BCUT2D eigenvalue weighted by molar-refractivity contribution is 0.332. The van der Waals surface area contributed by atoms with Crippen molar-refractivity contribution in [2.45, 2.75) is 232 Å². The Morgan fingerprint density at radius 3 is 1.43 bits per heavy atom. The van der Waals surface area contributed by atoms with Gasteiger partial charge in [-0.15, -0.1) is 0 Å². The van der Waals surface area contributed by atoms with E-state index < -0.39 is 0 Å². The van der Waals surface area contributed by atoms with E-state index >= 15 is 0 Å². The van der Waals surface area contributed by atoms with Gasteiger partial charge in [0.05, 0.1) is 11.3 Å². The van der Waals surface area contributed by atoms with Crippen molar-refractivity contribution < 1.29 is 4.42 Å². The van der Waals surface area contributed by atoms with Crippen LogP contribution < -0.4 is 26.4 Å². The summed E-state index contributed by atoms with van der Waals surface area (Å²) >= 11 is 0. The van der Waals surface area contributed by atoms with E-state index in [1.807, 2.05) is 0 Å². The van der Waals surface area contributed by atoms with Crippen LogP contribution in [0.4, 0.5) is 34.1 Å². The van der Waals surface area contributed by atoms with E-state index in [0.717, 1.165) is 11.2 Å². The number of fused-ring (bicyclic) bond motifs is 9. The van der Waals surface area contributed by atoms with Crippen molar-refractivity contribution in [3.05, 3.63) is 122 Å².